The third-order valence-corrected chi connectivity index (χ3v) is 5.89. The molecule has 0 radical (unpaired) electrons. The van der Waals surface area contributed by atoms with Gasteiger partial charge in [-0.3, -0.25) is 4.79 Å². The third-order valence-electron chi connectivity index (χ3n) is 5.89. The first-order valence-electron chi connectivity index (χ1n) is 8.78. The van der Waals surface area contributed by atoms with Gasteiger partial charge in [0, 0.05) is 11.3 Å². The molecule has 2 aromatic rings. The first-order valence-corrected chi connectivity index (χ1v) is 8.78. The molecule has 2 aliphatic carbocycles. The lowest BCUT2D eigenvalue weighted by atomic mass is 9.66. The number of rotatable bonds is 3. The van der Waals surface area contributed by atoms with Gasteiger partial charge in [0.2, 0.25) is 0 Å². The summed E-state index contributed by atoms with van der Waals surface area (Å²) in [7, 11) is 0. The molecule has 0 aromatic heterocycles. The van der Waals surface area contributed by atoms with Crippen molar-refractivity contribution in [3.63, 3.8) is 0 Å². The van der Waals surface area contributed by atoms with Gasteiger partial charge in [-0.2, -0.15) is 0 Å². The number of Topliss-reactive ketones (excluding diaryl/α,β-unsaturated/α-hetero) is 1. The van der Waals surface area contributed by atoms with Gasteiger partial charge in [-0.25, -0.2) is 0 Å². The van der Waals surface area contributed by atoms with Gasteiger partial charge in [0.05, 0.1) is 0 Å². The van der Waals surface area contributed by atoms with Crippen molar-refractivity contribution in [3.8, 4) is 0 Å². The molecule has 1 N–H and O–H groups in total. The number of carbonyl (C=O) groups is 1. The highest BCUT2D eigenvalue weighted by molar-refractivity contribution is 6.02. The van der Waals surface area contributed by atoms with Crippen molar-refractivity contribution in [3.05, 3.63) is 83.9 Å². The summed E-state index contributed by atoms with van der Waals surface area (Å²) in [5.41, 5.74) is 5.01. The van der Waals surface area contributed by atoms with E-state index in [1.165, 1.54) is 11.1 Å². The summed E-state index contributed by atoms with van der Waals surface area (Å²) in [5, 5.41) is 10.4. The van der Waals surface area contributed by atoms with Crippen LogP contribution in [0, 0.1) is 11.3 Å². The van der Waals surface area contributed by atoms with Crippen LogP contribution in [0.3, 0.4) is 0 Å². The maximum absolute atomic E-state index is 12.7. The van der Waals surface area contributed by atoms with E-state index in [4.69, 9.17) is 0 Å². The Hall–Kier alpha value is -2.45. The summed E-state index contributed by atoms with van der Waals surface area (Å²) < 4.78 is 0. The third kappa shape index (κ3) is 2.25. The molecule has 2 aliphatic rings. The van der Waals surface area contributed by atoms with Crippen molar-refractivity contribution in [2.75, 3.05) is 0 Å². The van der Waals surface area contributed by atoms with Gasteiger partial charge in [-0.05, 0) is 42.0 Å². The lowest BCUT2D eigenvalue weighted by Gasteiger charge is -2.35. The van der Waals surface area contributed by atoms with Crippen molar-refractivity contribution in [1.82, 2.24) is 0 Å². The highest BCUT2D eigenvalue weighted by Crippen LogP contribution is 2.64. The summed E-state index contributed by atoms with van der Waals surface area (Å²) in [6.45, 7) is 6.53. The number of carbonyl (C=O) groups excluding carboxylic acids is 1. The summed E-state index contributed by atoms with van der Waals surface area (Å²) in [5.74, 6) is -0.257. The van der Waals surface area contributed by atoms with Crippen LogP contribution in [0.1, 0.15) is 30.9 Å². The molecule has 0 spiro atoms. The average molecular weight is 330 g/mol. The first kappa shape index (κ1) is 16.0. The van der Waals surface area contributed by atoms with Crippen molar-refractivity contribution in [1.29, 1.82) is 0 Å². The minimum absolute atomic E-state index is 0.0395. The smallest absolute Gasteiger partial charge is 0.165 e. The van der Waals surface area contributed by atoms with E-state index in [0.29, 0.717) is 12.8 Å². The van der Waals surface area contributed by atoms with Crippen molar-refractivity contribution < 1.29 is 9.90 Å². The summed E-state index contributed by atoms with van der Waals surface area (Å²) in [6.07, 6.45) is 0.217. The van der Waals surface area contributed by atoms with Crippen LogP contribution in [0.4, 0.5) is 0 Å². The quantitative estimate of drug-likeness (QED) is 0.899. The number of fused-ring (bicyclic) bond motifs is 1. The van der Waals surface area contributed by atoms with E-state index >= 15 is 0 Å². The first-order chi connectivity index (χ1) is 12.1. The van der Waals surface area contributed by atoms with Gasteiger partial charge < -0.3 is 5.11 Å². The second-order valence-corrected chi connectivity index (χ2v) is 7.22. The maximum Gasteiger partial charge on any atom is 0.165 e. The Morgan fingerprint density at radius 1 is 1.08 bits per heavy atom. The molecule has 126 valence electrons. The normalized spacial score (nSPS) is 28.3. The Morgan fingerprint density at radius 3 is 2.32 bits per heavy atom. The van der Waals surface area contributed by atoms with Crippen LogP contribution in [0.2, 0.25) is 0 Å². The van der Waals surface area contributed by atoms with Gasteiger partial charge >= 0.3 is 0 Å². The predicted molar refractivity (Wildman–Crippen MR) is 101 cm³/mol. The van der Waals surface area contributed by atoms with E-state index in [1.54, 1.807) is 0 Å². The Morgan fingerprint density at radius 2 is 1.68 bits per heavy atom. The molecule has 0 heterocycles. The summed E-state index contributed by atoms with van der Waals surface area (Å²) in [4.78, 5) is 12.7. The Labute approximate surface area is 148 Å². The molecular weight excluding hydrogens is 308 g/mol. The van der Waals surface area contributed by atoms with Crippen LogP contribution in [-0.4, -0.2) is 17.0 Å². The largest absolute Gasteiger partial charge is 0.385 e. The number of hydrogen-bond donors (Lipinski definition) is 1. The van der Waals surface area contributed by atoms with Crippen molar-refractivity contribution >= 4 is 16.9 Å². The SMILES string of the molecule is C=C(c1ccccc1)[C@@]12CC(O)C(=O)C1CC(C)=C2c1ccccc1. The highest BCUT2D eigenvalue weighted by Gasteiger charge is 2.59. The predicted octanol–water partition coefficient (Wildman–Crippen LogP) is 4.51. The zero-order valence-electron chi connectivity index (χ0n) is 14.4. The molecule has 1 fully saturated rings. The van der Waals surface area contributed by atoms with E-state index in [1.807, 2.05) is 48.5 Å². The lowest BCUT2D eigenvalue weighted by molar-refractivity contribution is -0.127. The van der Waals surface area contributed by atoms with Crippen molar-refractivity contribution in [2.24, 2.45) is 11.3 Å². The van der Waals surface area contributed by atoms with Gasteiger partial charge in [-0.15, -0.1) is 0 Å². The zero-order chi connectivity index (χ0) is 17.6. The molecule has 2 heteroatoms. The molecule has 0 bridgehead atoms. The Bertz CT molecular complexity index is 863. The van der Waals surface area contributed by atoms with Crippen LogP contribution in [0.5, 0.6) is 0 Å². The van der Waals surface area contributed by atoms with E-state index in [2.05, 4.69) is 25.6 Å². The lowest BCUT2D eigenvalue weighted by Crippen LogP contribution is -2.27. The van der Waals surface area contributed by atoms with Gasteiger partial charge in [0.15, 0.2) is 5.78 Å². The fourth-order valence-corrected chi connectivity index (χ4v) is 4.85. The molecular formula is C23H22O2. The number of aliphatic hydroxyl groups is 1. The molecule has 25 heavy (non-hydrogen) atoms. The van der Waals surface area contributed by atoms with E-state index in [9.17, 15) is 9.90 Å². The van der Waals surface area contributed by atoms with Gasteiger partial charge in [0.1, 0.15) is 6.10 Å². The van der Waals surface area contributed by atoms with Crippen molar-refractivity contribution in [2.45, 2.75) is 25.9 Å². The second-order valence-electron chi connectivity index (χ2n) is 7.22. The molecule has 4 rings (SSSR count). The molecule has 2 nitrogen and oxygen atoms in total. The summed E-state index contributed by atoms with van der Waals surface area (Å²) >= 11 is 0. The van der Waals surface area contributed by atoms with E-state index < -0.39 is 11.5 Å². The molecule has 0 saturated heterocycles. The molecule has 1 saturated carbocycles. The number of ketones is 1. The number of benzene rings is 2. The fraction of sp³-hybridized carbons (Fsp3) is 0.261. The monoisotopic (exact) mass is 330 g/mol. The zero-order valence-corrected chi connectivity index (χ0v) is 14.4. The minimum Gasteiger partial charge on any atom is -0.385 e. The highest BCUT2D eigenvalue weighted by atomic mass is 16.3. The van der Waals surface area contributed by atoms with Gasteiger partial charge in [-0.1, -0.05) is 72.8 Å². The van der Waals surface area contributed by atoms with Crippen LogP contribution >= 0.6 is 0 Å². The Balaban J connectivity index is 1.93. The topological polar surface area (TPSA) is 37.3 Å². The molecule has 0 amide bonds. The maximum atomic E-state index is 12.7. The standard InChI is InChI=1S/C23H22O2/c1-15-13-19-22(25)20(24)14-23(19,16(2)17-9-5-3-6-10-17)21(15)18-11-7-4-8-12-18/h3-12,19-20,24H,2,13-14H2,1H3/t19?,20?,23-/m0/s1. The van der Waals surface area contributed by atoms with Crippen LogP contribution < -0.4 is 0 Å². The molecule has 0 aliphatic heterocycles. The fourth-order valence-electron chi connectivity index (χ4n) is 4.85. The molecule has 2 aromatic carbocycles. The number of aliphatic hydroxyl groups excluding tert-OH is 1. The number of allylic oxidation sites excluding steroid dienone is 3. The molecule has 3 atom stereocenters. The van der Waals surface area contributed by atoms with Crippen LogP contribution in [0.25, 0.3) is 11.1 Å². The van der Waals surface area contributed by atoms with Crippen LogP contribution in [-0.2, 0) is 4.79 Å². The van der Waals surface area contributed by atoms with E-state index in [0.717, 1.165) is 16.7 Å². The van der Waals surface area contributed by atoms with Gasteiger partial charge in [0.25, 0.3) is 0 Å². The van der Waals surface area contributed by atoms with E-state index in [-0.39, 0.29) is 11.7 Å². The Kier molecular flexibility index (Phi) is 3.73. The minimum atomic E-state index is -0.905. The number of hydrogen-bond acceptors (Lipinski definition) is 2. The molecule has 2 unspecified atom stereocenters. The van der Waals surface area contributed by atoms with Crippen LogP contribution in [0.15, 0.2) is 72.8 Å². The average Bonchev–Trinajstić information content (AvgIpc) is 3.06. The second kappa shape index (κ2) is 5.82. The summed E-state index contributed by atoms with van der Waals surface area (Å²) in [6, 6.07) is 20.3.